The van der Waals surface area contributed by atoms with E-state index in [9.17, 15) is 29.1 Å². The van der Waals surface area contributed by atoms with Crippen LogP contribution in [0.15, 0.2) is 43.0 Å². The Bertz CT molecular complexity index is 1340. The van der Waals surface area contributed by atoms with Crippen molar-refractivity contribution >= 4 is 53.1 Å². The van der Waals surface area contributed by atoms with Crippen LogP contribution in [-0.4, -0.2) is 79.6 Å². The van der Waals surface area contributed by atoms with Gasteiger partial charge in [0, 0.05) is 54.0 Å². The van der Waals surface area contributed by atoms with Gasteiger partial charge >= 0.3 is 5.97 Å². The fourth-order valence-corrected chi connectivity index (χ4v) is 4.27. The number of hydrogen-bond donors (Lipinski definition) is 9. The molecule has 0 saturated heterocycles. The van der Waals surface area contributed by atoms with E-state index in [4.69, 9.17) is 11.5 Å². The number of amides is 4. The van der Waals surface area contributed by atoms with Gasteiger partial charge in [-0.25, -0.2) is 9.78 Å². The van der Waals surface area contributed by atoms with Gasteiger partial charge < -0.3 is 42.5 Å². The summed E-state index contributed by atoms with van der Waals surface area (Å²) in [4.78, 5) is 71.6. The minimum atomic E-state index is -1.40. The summed E-state index contributed by atoms with van der Waals surface area (Å²) in [6, 6.07) is 2.64. The third kappa shape index (κ3) is 8.31. The monoisotopic (exact) mass is 572 g/mol. The maximum absolute atomic E-state index is 13.4. The van der Waals surface area contributed by atoms with Gasteiger partial charge in [0.2, 0.25) is 23.6 Å². The number of nitrogens with one attached hydrogen (secondary N) is 5. The van der Waals surface area contributed by atoms with Crippen LogP contribution in [0.5, 0.6) is 0 Å². The number of benzene rings is 1. The highest BCUT2D eigenvalue weighted by Crippen LogP contribution is 2.19. The number of thiol groups is 1. The molecule has 214 valence electrons. The van der Waals surface area contributed by atoms with Gasteiger partial charge in [0.05, 0.1) is 12.4 Å². The predicted octanol–water partition coefficient (Wildman–Crippen LogP) is -1.26. The largest absolute Gasteiger partial charge is 0.480 e. The minimum absolute atomic E-state index is 0.0651. The smallest absolute Gasteiger partial charge is 0.326 e. The number of H-pyrrole nitrogens is 2. The number of primary amides is 1. The number of aromatic amines is 2. The summed E-state index contributed by atoms with van der Waals surface area (Å²) in [5.41, 5.74) is 13.4. The summed E-state index contributed by atoms with van der Waals surface area (Å²) < 4.78 is 0. The Hall–Kier alpha value is -4.37. The van der Waals surface area contributed by atoms with E-state index in [0.29, 0.717) is 5.69 Å². The standard InChI is InChI=1S/C25H32N8O6S/c26-16(8-14-10-28-12-30-14)22(35)32-19(7-13-9-29-17-4-2-1-3-15(13)17)23(36)33-20(11-40)24(37)31-18(25(38)39)5-6-21(27)34/h1-4,9-10,12,16,18-20,29,40H,5-8,11,26H2,(H2,27,34)(H,28,30)(H,31,37)(H,32,35)(H,33,36)(H,38,39). The molecule has 0 bridgehead atoms. The van der Waals surface area contributed by atoms with Crippen molar-refractivity contribution in [3.05, 3.63) is 54.2 Å². The Morgan fingerprint density at radius 1 is 0.950 bits per heavy atom. The average molecular weight is 573 g/mol. The van der Waals surface area contributed by atoms with Crippen LogP contribution in [0.4, 0.5) is 0 Å². The van der Waals surface area contributed by atoms with Gasteiger partial charge in [0.15, 0.2) is 0 Å². The molecule has 0 fully saturated rings. The normalized spacial score (nSPS) is 14.1. The lowest BCUT2D eigenvalue weighted by Gasteiger charge is -2.24. The highest BCUT2D eigenvalue weighted by atomic mass is 32.1. The third-order valence-electron chi connectivity index (χ3n) is 6.17. The molecule has 0 spiro atoms. The molecule has 3 rings (SSSR count). The molecule has 1 aromatic carbocycles. The molecule has 0 aliphatic heterocycles. The van der Waals surface area contributed by atoms with Crippen molar-refractivity contribution in [1.29, 1.82) is 0 Å². The molecule has 2 heterocycles. The Labute approximate surface area is 234 Å². The first-order valence-corrected chi connectivity index (χ1v) is 13.0. The molecule has 0 radical (unpaired) electrons. The zero-order valence-electron chi connectivity index (χ0n) is 21.4. The molecule has 4 unspecified atom stereocenters. The van der Waals surface area contributed by atoms with Crippen molar-refractivity contribution in [2.75, 3.05) is 5.75 Å². The Kier molecular flexibility index (Phi) is 10.7. The number of aliphatic carboxylic acids is 1. The van der Waals surface area contributed by atoms with Gasteiger partial charge in [-0.15, -0.1) is 0 Å². The molecular weight excluding hydrogens is 540 g/mol. The van der Waals surface area contributed by atoms with E-state index >= 15 is 0 Å². The molecule has 14 nitrogen and oxygen atoms in total. The first-order valence-electron chi connectivity index (χ1n) is 12.4. The Balaban J connectivity index is 1.76. The molecule has 3 aromatic rings. The number of hydrogen-bond acceptors (Lipinski definition) is 8. The van der Waals surface area contributed by atoms with E-state index in [-0.39, 0.29) is 31.4 Å². The summed E-state index contributed by atoms with van der Waals surface area (Å²) in [5, 5.41) is 17.7. The van der Waals surface area contributed by atoms with E-state index in [1.54, 1.807) is 6.20 Å². The molecular formula is C25H32N8O6S. The zero-order chi connectivity index (χ0) is 29.2. The third-order valence-corrected chi connectivity index (χ3v) is 6.54. The maximum Gasteiger partial charge on any atom is 0.326 e. The molecule has 10 N–H and O–H groups in total. The second-order valence-electron chi connectivity index (χ2n) is 9.16. The molecule has 15 heteroatoms. The molecule has 4 amide bonds. The fourth-order valence-electron chi connectivity index (χ4n) is 4.02. The van der Waals surface area contributed by atoms with Gasteiger partial charge in [0.25, 0.3) is 0 Å². The lowest BCUT2D eigenvalue weighted by Crippen LogP contribution is -2.58. The number of para-hydroxylation sites is 1. The number of nitrogens with zero attached hydrogens (tertiary/aromatic N) is 1. The van der Waals surface area contributed by atoms with Crippen molar-refractivity contribution in [2.24, 2.45) is 11.5 Å². The van der Waals surface area contributed by atoms with E-state index in [1.165, 1.54) is 12.5 Å². The van der Waals surface area contributed by atoms with Crippen molar-refractivity contribution in [2.45, 2.75) is 49.9 Å². The van der Waals surface area contributed by atoms with Crippen LogP contribution in [0.1, 0.15) is 24.1 Å². The molecule has 4 atom stereocenters. The number of carboxylic acid groups (broad SMARTS) is 1. The quantitative estimate of drug-likeness (QED) is 0.0993. The summed E-state index contributed by atoms with van der Waals surface area (Å²) in [6.45, 7) is 0. The number of aromatic nitrogens is 3. The number of nitrogens with two attached hydrogens (primary N) is 2. The lowest BCUT2D eigenvalue weighted by atomic mass is 10.0. The van der Waals surface area contributed by atoms with Crippen LogP contribution in [0.3, 0.4) is 0 Å². The topological polar surface area (TPSA) is 238 Å². The van der Waals surface area contributed by atoms with Crippen molar-refractivity contribution in [3.63, 3.8) is 0 Å². The highest BCUT2D eigenvalue weighted by Gasteiger charge is 2.30. The van der Waals surface area contributed by atoms with Crippen LogP contribution in [0.25, 0.3) is 10.9 Å². The van der Waals surface area contributed by atoms with Crippen LogP contribution in [-0.2, 0) is 36.8 Å². The molecule has 0 saturated carbocycles. The lowest BCUT2D eigenvalue weighted by molar-refractivity contribution is -0.142. The van der Waals surface area contributed by atoms with Crippen LogP contribution in [0, 0.1) is 0 Å². The molecule has 40 heavy (non-hydrogen) atoms. The maximum atomic E-state index is 13.4. The number of carbonyl (C=O) groups excluding carboxylic acids is 4. The van der Waals surface area contributed by atoms with E-state index in [0.717, 1.165) is 16.5 Å². The highest BCUT2D eigenvalue weighted by molar-refractivity contribution is 7.80. The van der Waals surface area contributed by atoms with Gasteiger partial charge in [-0.2, -0.15) is 12.6 Å². The van der Waals surface area contributed by atoms with Crippen molar-refractivity contribution in [1.82, 2.24) is 30.9 Å². The van der Waals surface area contributed by atoms with Gasteiger partial charge in [-0.05, 0) is 18.1 Å². The van der Waals surface area contributed by atoms with E-state index in [1.807, 2.05) is 24.3 Å². The number of rotatable bonds is 15. The summed E-state index contributed by atoms with van der Waals surface area (Å²) in [6.07, 6.45) is 4.45. The molecule has 2 aromatic heterocycles. The van der Waals surface area contributed by atoms with Gasteiger partial charge in [-0.3, -0.25) is 19.2 Å². The van der Waals surface area contributed by atoms with Crippen molar-refractivity contribution < 1.29 is 29.1 Å². The minimum Gasteiger partial charge on any atom is -0.480 e. The summed E-state index contributed by atoms with van der Waals surface area (Å²) in [7, 11) is 0. The van der Waals surface area contributed by atoms with E-state index in [2.05, 4.69) is 43.5 Å². The van der Waals surface area contributed by atoms with Crippen LogP contribution >= 0.6 is 12.6 Å². The Morgan fingerprint density at radius 3 is 2.27 bits per heavy atom. The zero-order valence-corrected chi connectivity index (χ0v) is 22.3. The van der Waals surface area contributed by atoms with Gasteiger partial charge in [0.1, 0.15) is 18.1 Å². The molecule has 0 aliphatic rings. The average Bonchev–Trinajstić information content (AvgIpc) is 3.58. The van der Waals surface area contributed by atoms with Crippen molar-refractivity contribution in [3.8, 4) is 0 Å². The first-order chi connectivity index (χ1) is 19.1. The fraction of sp³-hybridized carbons (Fsp3) is 0.360. The van der Waals surface area contributed by atoms with Crippen LogP contribution in [0.2, 0.25) is 0 Å². The summed E-state index contributed by atoms with van der Waals surface area (Å²) >= 11 is 4.13. The second-order valence-corrected chi connectivity index (χ2v) is 9.53. The number of fused-ring (bicyclic) bond motifs is 1. The summed E-state index contributed by atoms with van der Waals surface area (Å²) in [5.74, 6) is -4.39. The van der Waals surface area contributed by atoms with Crippen LogP contribution < -0.4 is 27.4 Å². The number of imidazole rings is 1. The molecule has 0 aliphatic carbocycles. The Morgan fingerprint density at radius 2 is 1.62 bits per heavy atom. The number of carboxylic acids is 1. The SMILES string of the molecule is NC(=O)CCC(NC(=O)C(CS)NC(=O)C(Cc1c[nH]c2ccccc12)NC(=O)C(N)Cc1cnc[nH]1)C(=O)O. The number of carbonyl (C=O) groups is 5. The van der Waals surface area contributed by atoms with E-state index < -0.39 is 53.8 Å². The predicted molar refractivity (Wildman–Crippen MR) is 148 cm³/mol. The van der Waals surface area contributed by atoms with Gasteiger partial charge in [-0.1, -0.05) is 18.2 Å². The first kappa shape index (κ1) is 30.2. The second kappa shape index (κ2) is 14.1.